The molecule has 0 aliphatic heterocycles. The zero-order valence-corrected chi connectivity index (χ0v) is 10.1. The predicted octanol–water partition coefficient (Wildman–Crippen LogP) is 2.66. The van der Waals surface area contributed by atoms with Gasteiger partial charge in [-0.05, 0) is 17.7 Å². The summed E-state index contributed by atoms with van der Waals surface area (Å²) < 4.78 is 0. The third kappa shape index (κ3) is 3.07. The SMILES string of the molecule is N=C(N)c1ccccc1CSc1ccccn1. The number of rotatable bonds is 4. The molecule has 1 aromatic carbocycles. The molecule has 0 spiro atoms. The Morgan fingerprint density at radius 3 is 2.65 bits per heavy atom. The van der Waals surface area contributed by atoms with Gasteiger partial charge in [0.2, 0.25) is 0 Å². The van der Waals surface area contributed by atoms with E-state index in [4.69, 9.17) is 11.1 Å². The normalized spacial score (nSPS) is 10.1. The first kappa shape index (κ1) is 11.7. The number of amidine groups is 1. The van der Waals surface area contributed by atoms with Crippen molar-refractivity contribution in [2.24, 2.45) is 5.73 Å². The van der Waals surface area contributed by atoms with E-state index >= 15 is 0 Å². The Kier molecular flexibility index (Phi) is 3.77. The summed E-state index contributed by atoms with van der Waals surface area (Å²) in [6.45, 7) is 0. The van der Waals surface area contributed by atoms with Crippen LogP contribution in [0.5, 0.6) is 0 Å². The molecule has 1 aromatic heterocycles. The van der Waals surface area contributed by atoms with Crippen molar-refractivity contribution in [1.82, 2.24) is 4.98 Å². The second kappa shape index (κ2) is 5.50. The monoisotopic (exact) mass is 243 g/mol. The van der Waals surface area contributed by atoms with Crippen molar-refractivity contribution < 1.29 is 0 Å². The predicted molar refractivity (Wildman–Crippen MR) is 71.3 cm³/mol. The summed E-state index contributed by atoms with van der Waals surface area (Å²) in [5, 5.41) is 8.49. The highest BCUT2D eigenvalue weighted by Crippen LogP contribution is 2.22. The van der Waals surface area contributed by atoms with Crippen molar-refractivity contribution in [3.05, 3.63) is 59.8 Å². The first-order valence-electron chi connectivity index (χ1n) is 5.23. The van der Waals surface area contributed by atoms with Gasteiger partial charge in [-0.15, -0.1) is 11.8 Å². The Morgan fingerprint density at radius 2 is 1.94 bits per heavy atom. The van der Waals surface area contributed by atoms with Crippen LogP contribution in [-0.4, -0.2) is 10.8 Å². The van der Waals surface area contributed by atoms with Gasteiger partial charge >= 0.3 is 0 Å². The van der Waals surface area contributed by atoms with E-state index in [1.54, 1.807) is 18.0 Å². The fraction of sp³-hybridized carbons (Fsp3) is 0.0769. The maximum atomic E-state index is 7.51. The van der Waals surface area contributed by atoms with E-state index in [1.165, 1.54) is 0 Å². The molecular formula is C13H13N3S. The van der Waals surface area contributed by atoms with Crippen LogP contribution in [0.25, 0.3) is 0 Å². The van der Waals surface area contributed by atoms with E-state index < -0.39 is 0 Å². The van der Waals surface area contributed by atoms with Crippen LogP contribution in [0.2, 0.25) is 0 Å². The fourth-order valence-corrected chi connectivity index (χ4v) is 2.36. The van der Waals surface area contributed by atoms with Gasteiger partial charge in [-0.2, -0.15) is 0 Å². The van der Waals surface area contributed by atoms with Crippen LogP contribution in [0.15, 0.2) is 53.7 Å². The Labute approximate surface area is 105 Å². The number of nitrogens with zero attached hydrogens (tertiary/aromatic N) is 1. The van der Waals surface area contributed by atoms with Gasteiger partial charge in [-0.3, -0.25) is 5.41 Å². The minimum Gasteiger partial charge on any atom is -0.384 e. The molecule has 0 bridgehead atoms. The second-order valence-corrected chi connectivity index (χ2v) is 4.52. The molecular weight excluding hydrogens is 230 g/mol. The van der Waals surface area contributed by atoms with Gasteiger partial charge in [0.15, 0.2) is 0 Å². The minimum absolute atomic E-state index is 0.113. The number of nitrogens with one attached hydrogen (secondary N) is 1. The molecule has 17 heavy (non-hydrogen) atoms. The third-order valence-electron chi connectivity index (χ3n) is 2.32. The van der Waals surface area contributed by atoms with Gasteiger partial charge in [0.25, 0.3) is 0 Å². The number of nitrogen functional groups attached to an aromatic ring is 1. The van der Waals surface area contributed by atoms with Crippen LogP contribution in [0.1, 0.15) is 11.1 Å². The minimum atomic E-state index is 0.113. The molecule has 2 rings (SSSR count). The van der Waals surface area contributed by atoms with Gasteiger partial charge in [-0.1, -0.05) is 30.3 Å². The van der Waals surface area contributed by atoms with E-state index in [-0.39, 0.29) is 5.84 Å². The highest BCUT2D eigenvalue weighted by atomic mass is 32.2. The number of pyridine rings is 1. The molecule has 0 atom stereocenters. The van der Waals surface area contributed by atoms with Crippen molar-refractivity contribution in [3.8, 4) is 0 Å². The molecule has 3 N–H and O–H groups in total. The van der Waals surface area contributed by atoms with E-state index in [1.807, 2.05) is 42.5 Å². The molecule has 1 heterocycles. The Hall–Kier alpha value is -1.81. The number of benzene rings is 1. The molecule has 0 fully saturated rings. The molecule has 0 saturated carbocycles. The summed E-state index contributed by atoms with van der Waals surface area (Å²) >= 11 is 1.64. The number of hydrogen-bond donors (Lipinski definition) is 2. The number of thioether (sulfide) groups is 1. The molecule has 0 saturated heterocycles. The zero-order chi connectivity index (χ0) is 12.1. The highest BCUT2D eigenvalue weighted by molar-refractivity contribution is 7.98. The lowest BCUT2D eigenvalue weighted by atomic mass is 10.1. The maximum Gasteiger partial charge on any atom is 0.123 e. The lowest BCUT2D eigenvalue weighted by molar-refractivity contribution is 1.13. The average molecular weight is 243 g/mol. The van der Waals surface area contributed by atoms with Crippen molar-refractivity contribution in [3.63, 3.8) is 0 Å². The maximum absolute atomic E-state index is 7.51. The molecule has 0 radical (unpaired) electrons. The Bertz CT molecular complexity index is 511. The molecule has 0 amide bonds. The average Bonchev–Trinajstić information content (AvgIpc) is 2.38. The van der Waals surface area contributed by atoms with Gasteiger partial charge in [0, 0.05) is 17.5 Å². The molecule has 0 unspecified atom stereocenters. The summed E-state index contributed by atoms with van der Waals surface area (Å²) in [7, 11) is 0. The molecule has 2 aromatic rings. The van der Waals surface area contributed by atoms with Crippen LogP contribution in [0.3, 0.4) is 0 Å². The third-order valence-corrected chi connectivity index (χ3v) is 3.31. The summed E-state index contributed by atoms with van der Waals surface area (Å²) in [5.74, 6) is 0.884. The van der Waals surface area contributed by atoms with E-state index in [2.05, 4.69) is 4.98 Å². The summed E-state index contributed by atoms with van der Waals surface area (Å²) in [5.41, 5.74) is 7.41. The van der Waals surface area contributed by atoms with Gasteiger partial charge in [-0.25, -0.2) is 4.98 Å². The van der Waals surface area contributed by atoms with Crippen LogP contribution < -0.4 is 5.73 Å². The molecule has 4 heteroatoms. The number of nitrogens with two attached hydrogens (primary N) is 1. The number of hydrogen-bond acceptors (Lipinski definition) is 3. The summed E-state index contributed by atoms with van der Waals surface area (Å²) in [4.78, 5) is 4.25. The van der Waals surface area contributed by atoms with Crippen LogP contribution in [-0.2, 0) is 5.75 Å². The second-order valence-electron chi connectivity index (χ2n) is 3.53. The van der Waals surface area contributed by atoms with Crippen molar-refractivity contribution in [2.45, 2.75) is 10.8 Å². The Balaban J connectivity index is 2.12. The topological polar surface area (TPSA) is 62.8 Å². The lowest BCUT2D eigenvalue weighted by Crippen LogP contribution is -2.13. The molecule has 86 valence electrons. The standard InChI is InChI=1S/C13H13N3S/c14-13(15)11-6-2-1-5-10(11)9-17-12-7-3-4-8-16-12/h1-8H,9H2,(H3,14,15). The first-order chi connectivity index (χ1) is 8.27. The van der Waals surface area contributed by atoms with Crippen molar-refractivity contribution in [1.29, 1.82) is 5.41 Å². The summed E-state index contributed by atoms with van der Waals surface area (Å²) in [6.07, 6.45) is 1.78. The van der Waals surface area contributed by atoms with E-state index in [9.17, 15) is 0 Å². The van der Waals surface area contributed by atoms with Gasteiger partial charge in [0.1, 0.15) is 5.84 Å². The van der Waals surface area contributed by atoms with Crippen molar-refractivity contribution >= 4 is 17.6 Å². The van der Waals surface area contributed by atoms with E-state index in [0.29, 0.717) is 0 Å². The first-order valence-corrected chi connectivity index (χ1v) is 6.22. The van der Waals surface area contributed by atoms with E-state index in [0.717, 1.165) is 21.9 Å². The zero-order valence-electron chi connectivity index (χ0n) is 9.26. The largest absolute Gasteiger partial charge is 0.384 e. The highest BCUT2D eigenvalue weighted by Gasteiger charge is 2.05. The smallest absolute Gasteiger partial charge is 0.123 e. The molecule has 0 aliphatic rings. The lowest BCUT2D eigenvalue weighted by Gasteiger charge is -2.07. The van der Waals surface area contributed by atoms with Crippen LogP contribution >= 0.6 is 11.8 Å². The molecule has 3 nitrogen and oxygen atoms in total. The number of aromatic nitrogens is 1. The molecule has 0 aliphatic carbocycles. The van der Waals surface area contributed by atoms with Crippen LogP contribution in [0.4, 0.5) is 0 Å². The Morgan fingerprint density at radius 1 is 1.18 bits per heavy atom. The summed E-state index contributed by atoms with van der Waals surface area (Å²) in [6, 6.07) is 13.6. The van der Waals surface area contributed by atoms with Crippen molar-refractivity contribution in [2.75, 3.05) is 0 Å². The fourth-order valence-electron chi connectivity index (χ4n) is 1.49. The van der Waals surface area contributed by atoms with Crippen LogP contribution in [0, 0.1) is 5.41 Å². The quantitative estimate of drug-likeness (QED) is 0.493. The van der Waals surface area contributed by atoms with Gasteiger partial charge in [0.05, 0.1) is 5.03 Å². The van der Waals surface area contributed by atoms with Gasteiger partial charge < -0.3 is 5.73 Å².